The van der Waals surface area contributed by atoms with Gasteiger partial charge in [0.1, 0.15) is 0 Å². The number of piperazine rings is 1. The van der Waals surface area contributed by atoms with Gasteiger partial charge >= 0.3 is 0 Å². The second kappa shape index (κ2) is 9.77. The van der Waals surface area contributed by atoms with E-state index in [0.29, 0.717) is 32.5 Å². The maximum absolute atomic E-state index is 13.2. The van der Waals surface area contributed by atoms with Crippen molar-refractivity contribution in [3.63, 3.8) is 0 Å². The van der Waals surface area contributed by atoms with Crippen LogP contribution in [-0.4, -0.2) is 75.5 Å². The van der Waals surface area contributed by atoms with Gasteiger partial charge in [0, 0.05) is 39.3 Å². The Morgan fingerprint density at radius 1 is 0.706 bits per heavy atom. The first-order valence-corrected chi connectivity index (χ1v) is 14.4. The van der Waals surface area contributed by atoms with E-state index in [4.69, 9.17) is 0 Å². The maximum atomic E-state index is 13.2. The highest BCUT2D eigenvalue weighted by atomic mass is 32.2. The lowest BCUT2D eigenvalue weighted by Crippen LogP contribution is -2.54. The summed E-state index contributed by atoms with van der Waals surface area (Å²) in [7, 11) is -7.27. The van der Waals surface area contributed by atoms with E-state index in [9.17, 15) is 21.6 Å². The van der Waals surface area contributed by atoms with E-state index in [1.54, 1.807) is 53.4 Å². The summed E-state index contributed by atoms with van der Waals surface area (Å²) >= 11 is 0. The Kier molecular flexibility index (Phi) is 7.14. The van der Waals surface area contributed by atoms with Crippen molar-refractivity contribution >= 4 is 26.0 Å². The van der Waals surface area contributed by atoms with Crippen molar-refractivity contribution in [2.75, 3.05) is 39.3 Å². The minimum atomic E-state index is -3.66. The van der Waals surface area contributed by atoms with E-state index >= 15 is 0 Å². The van der Waals surface area contributed by atoms with Crippen LogP contribution in [0.3, 0.4) is 0 Å². The zero-order chi connectivity index (χ0) is 24.5. The standard InChI is InChI=1S/C24H31N3O5S2/c1-19-5-9-22(10-6-19)33(29,30)26-16-14-25(15-17-26)24(28)21-4-3-13-27(18-21)34(31,32)23-11-7-20(2)8-12-23/h5-12,21H,3-4,13-18H2,1-2H3. The third-order valence-electron chi connectivity index (χ3n) is 6.60. The van der Waals surface area contributed by atoms with Crippen LogP contribution in [0.1, 0.15) is 24.0 Å². The summed E-state index contributed by atoms with van der Waals surface area (Å²) in [6.07, 6.45) is 1.24. The number of amides is 1. The number of carbonyl (C=O) groups is 1. The Bertz CT molecular complexity index is 1230. The van der Waals surface area contributed by atoms with Crippen LogP contribution >= 0.6 is 0 Å². The topological polar surface area (TPSA) is 95.1 Å². The van der Waals surface area contributed by atoms with E-state index < -0.39 is 26.0 Å². The number of hydrogen-bond donors (Lipinski definition) is 0. The van der Waals surface area contributed by atoms with Crippen LogP contribution in [0, 0.1) is 19.8 Å². The van der Waals surface area contributed by atoms with Gasteiger partial charge in [-0.05, 0) is 51.0 Å². The lowest BCUT2D eigenvalue weighted by atomic mass is 9.98. The first kappa shape index (κ1) is 24.8. The molecule has 0 N–H and O–H groups in total. The van der Waals surface area contributed by atoms with Crippen molar-refractivity contribution in [3.8, 4) is 0 Å². The van der Waals surface area contributed by atoms with Gasteiger partial charge < -0.3 is 4.90 Å². The number of carbonyl (C=O) groups excluding carboxylic acids is 1. The molecule has 0 bridgehead atoms. The van der Waals surface area contributed by atoms with Gasteiger partial charge in [0.15, 0.2) is 0 Å². The SMILES string of the molecule is Cc1ccc(S(=O)(=O)N2CCN(C(=O)C3CCCN(S(=O)(=O)c4ccc(C)cc4)C3)CC2)cc1. The second-order valence-electron chi connectivity index (χ2n) is 9.06. The van der Waals surface area contributed by atoms with E-state index in [1.807, 2.05) is 13.8 Å². The molecule has 1 unspecified atom stereocenters. The first-order valence-electron chi connectivity index (χ1n) is 11.5. The highest BCUT2D eigenvalue weighted by molar-refractivity contribution is 7.89. The van der Waals surface area contributed by atoms with Crippen molar-refractivity contribution in [1.82, 2.24) is 13.5 Å². The highest BCUT2D eigenvalue weighted by Crippen LogP contribution is 2.26. The molecule has 10 heteroatoms. The number of sulfonamides is 2. The maximum Gasteiger partial charge on any atom is 0.243 e. The van der Waals surface area contributed by atoms with Crippen molar-refractivity contribution in [2.24, 2.45) is 5.92 Å². The zero-order valence-electron chi connectivity index (χ0n) is 19.6. The number of benzene rings is 2. The third kappa shape index (κ3) is 5.05. The van der Waals surface area contributed by atoms with Crippen LogP contribution in [0.15, 0.2) is 58.3 Å². The van der Waals surface area contributed by atoms with E-state index in [-0.39, 0.29) is 35.3 Å². The molecule has 2 saturated heterocycles. The molecule has 0 aliphatic carbocycles. The summed E-state index contributed by atoms with van der Waals surface area (Å²) < 4.78 is 54.8. The molecule has 2 aromatic rings. The minimum Gasteiger partial charge on any atom is -0.340 e. The number of nitrogens with zero attached hydrogens (tertiary/aromatic N) is 3. The molecule has 0 saturated carbocycles. The average molecular weight is 506 g/mol. The minimum absolute atomic E-state index is 0.101. The molecule has 2 aliphatic rings. The Labute approximate surface area is 202 Å². The molecular weight excluding hydrogens is 474 g/mol. The predicted octanol–water partition coefficient (Wildman–Crippen LogP) is 2.24. The normalized spacial score (nSPS) is 20.9. The lowest BCUT2D eigenvalue weighted by molar-refractivity contribution is -0.137. The van der Waals surface area contributed by atoms with Crippen molar-refractivity contribution in [2.45, 2.75) is 36.5 Å². The quantitative estimate of drug-likeness (QED) is 0.621. The second-order valence-corrected chi connectivity index (χ2v) is 12.9. The monoisotopic (exact) mass is 505 g/mol. The Hall–Kier alpha value is -2.27. The number of rotatable bonds is 5. The van der Waals surface area contributed by atoms with Crippen LogP contribution in [0.5, 0.6) is 0 Å². The lowest BCUT2D eigenvalue weighted by Gasteiger charge is -2.38. The smallest absolute Gasteiger partial charge is 0.243 e. The van der Waals surface area contributed by atoms with Gasteiger partial charge in [-0.1, -0.05) is 35.4 Å². The Morgan fingerprint density at radius 3 is 1.68 bits per heavy atom. The highest BCUT2D eigenvalue weighted by Gasteiger charge is 2.37. The molecule has 0 radical (unpaired) electrons. The Balaban J connectivity index is 1.39. The molecular formula is C24H31N3O5S2. The summed E-state index contributed by atoms with van der Waals surface area (Å²) in [5.41, 5.74) is 1.97. The fraction of sp³-hybridized carbons (Fsp3) is 0.458. The largest absolute Gasteiger partial charge is 0.340 e. The molecule has 0 aromatic heterocycles. The van der Waals surface area contributed by atoms with Crippen molar-refractivity contribution in [1.29, 1.82) is 0 Å². The van der Waals surface area contributed by atoms with Gasteiger partial charge in [0.2, 0.25) is 26.0 Å². The zero-order valence-corrected chi connectivity index (χ0v) is 21.2. The van der Waals surface area contributed by atoms with Gasteiger partial charge in [-0.2, -0.15) is 8.61 Å². The predicted molar refractivity (Wildman–Crippen MR) is 129 cm³/mol. The fourth-order valence-corrected chi connectivity index (χ4v) is 7.43. The van der Waals surface area contributed by atoms with Crippen LogP contribution in [0.2, 0.25) is 0 Å². The molecule has 34 heavy (non-hydrogen) atoms. The van der Waals surface area contributed by atoms with Gasteiger partial charge in [-0.25, -0.2) is 16.8 Å². The Morgan fingerprint density at radius 2 is 1.18 bits per heavy atom. The summed E-state index contributed by atoms with van der Waals surface area (Å²) in [6.45, 7) is 5.38. The molecule has 2 fully saturated rings. The van der Waals surface area contributed by atoms with Gasteiger partial charge in [-0.3, -0.25) is 4.79 Å². The average Bonchev–Trinajstić information content (AvgIpc) is 2.84. The summed E-state index contributed by atoms with van der Waals surface area (Å²) in [6, 6.07) is 13.5. The van der Waals surface area contributed by atoms with E-state index in [1.165, 1.54) is 8.61 Å². The van der Waals surface area contributed by atoms with Crippen LogP contribution in [0.25, 0.3) is 0 Å². The van der Waals surface area contributed by atoms with Gasteiger partial charge in [0.25, 0.3) is 0 Å². The molecule has 0 spiro atoms. The van der Waals surface area contributed by atoms with Gasteiger partial charge in [-0.15, -0.1) is 0 Å². The molecule has 184 valence electrons. The molecule has 1 amide bonds. The molecule has 2 aromatic carbocycles. The fourth-order valence-electron chi connectivity index (χ4n) is 4.49. The van der Waals surface area contributed by atoms with Gasteiger partial charge in [0.05, 0.1) is 15.7 Å². The number of aryl methyl sites for hydroxylation is 2. The molecule has 2 aliphatic heterocycles. The molecule has 4 rings (SSSR count). The molecule has 2 heterocycles. The van der Waals surface area contributed by atoms with Crippen LogP contribution in [-0.2, 0) is 24.8 Å². The summed E-state index contributed by atoms with van der Waals surface area (Å²) in [4.78, 5) is 15.4. The van der Waals surface area contributed by atoms with E-state index in [2.05, 4.69) is 0 Å². The molecule has 8 nitrogen and oxygen atoms in total. The van der Waals surface area contributed by atoms with Crippen LogP contribution in [0.4, 0.5) is 0 Å². The van der Waals surface area contributed by atoms with Crippen molar-refractivity contribution < 1.29 is 21.6 Å². The summed E-state index contributed by atoms with van der Waals surface area (Å²) in [5.74, 6) is -0.523. The first-order chi connectivity index (χ1) is 16.1. The van der Waals surface area contributed by atoms with Crippen molar-refractivity contribution in [3.05, 3.63) is 59.7 Å². The number of piperidine rings is 1. The number of hydrogen-bond acceptors (Lipinski definition) is 5. The van der Waals surface area contributed by atoms with E-state index in [0.717, 1.165) is 11.1 Å². The molecule has 1 atom stereocenters. The third-order valence-corrected chi connectivity index (χ3v) is 10.4. The van der Waals surface area contributed by atoms with Crippen LogP contribution < -0.4 is 0 Å². The summed E-state index contributed by atoms with van der Waals surface area (Å²) in [5, 5.41) is 0.